The van der Waals surface area contributed by atoms with Gasteiger partial charge >= 0.3 is 12.3 Å². The molecule has 188 valence electrons. The monoisotopic (exact) mass is 498 g/mol. The molecule has 0 radical (unpaired) electrons. The van der Waals surface area contributed by atoms with E-state index in [1.54, 1.807) is 17.0 Å². The second kappa shape index (κ2) is 11.1. The van der Waals surface area contributed by atoms with E-state index < -0.39 is 23.2 Å². The van der Waals surface area contributed by atoms with Crippen LogP contribution in [-0.2, 0) is 17.5 Å². The van der Waals surface area contributed by atoms with E-state index in [0.717, 1.165) is 24.1 Å². The van der Waals surface area contributed by atoms with Gasteiger partial charge in [0.2, 0.25) is 0 Å². The molecule has 0 spiro atoms. The number of nitrogens with one attached hydrogen (secondary N) is 1. The molecule has 36 heavy (non-hydrogen) atoms. The lowest BCUT2D eigenvalue weighted by atomic mass is 10.1. The molecule has 3 aromatic rings. The third kappa shape index (κ3) is 6.32. The molecular weight excluding hydrogens is 473 g/mol. The second-order valence-corrected chi connectivity index (χ2v) is 8.27. The smallest absolute Gasteiger partial charge is 0.417 e. The lowest BCUT2D eigenvalue weighted by molar-refractivity contribution is -0.137. The molecule has 0 bridgehead atoms. The Bertz CT molecular complexity index is 1190. The Morgan fingerprint density at radius 1 is 0.917 bits per heavy atom. The summed E-state index contributed by atoms with van der Waals surface area (Å²) in [7, 11) is 0. The quantitative estimate of drug-likeness (QED) is 0.523. The summed E-state index contributed by atoms with van der Waals surface area (Å²) in [4.78, 5) is 33.0. The van der Waals surface area contributed by atoms with Crippen LogP contribution in [0, 0.1) is 0 Å². The maximum Gasteiger partial charge on any atom is 0.417 e. The van der Waals surface area contributed by atoms with Crippen LogP contribution in [0.5, 0.6) is 0 Å². The minimum Gasteiger partial charge on any atom is -0.445 e. The first kappa shape index (κ1) is 25.0. The van der Waals surface area contributed by atoms with E-state index in [1.807, 2.05) is 35.2 Å². The molecule has 2 aromatic carbocycles. The van der Waals surface area contributed by atoms with E-state index in [4.69, 9.17) is 4.74 Å². The van der Waals surface area contributed by atoms with Crippen molar-refractivity contribution in [1.82, 2.24) is 9.88 Å². The van der Waals surface area contributed by atoms with Crippen LogP contribution in [0.1, 0.15) is 27.9 Å². The molecule has 2 heterocycles. The molecule has 1 aliphatic rings. The minimum absolute atomic E-state index is 0.210. The minimum atomic E-state index is -4.63. The number of alkyl halides is 3. The van der Waals surface area contributed by atoms with Crippen LogP contribution in [0.25, 0.3) is 0 Å². The zero-order valence-corrected chi connectivity index (χ0v) is 19.4. The lowest BCUT2D eigenvalue weighted by Crippen LogP contribution is -2.35. The number of pyridine rings is 1. The molecule has 0 aliphatic carbocycles. The maximum atomic E-state index is 13.2. The van der Waals surface area contributed by atoms with Crippen molar-refractivity contribution in [3.8, 4) is 0 Å². The summed E-state index contributed by atoms with van der Waals surface area (Å²) in [6.45, 7) is 2.43. The molecule has 1 aromatic heterocycles. The van der Waals surface area contributed by atoms with Crippen LogP contribution in [0.4, 0.5) is 29.5 Å². The van der Waals surface area contributed by atoms with E-state index in [-0.39, 0.29) is 18.4 Å². The van der Waals surface area contributed by atoms with Crippen LogP contribution in [0.3, 0.4) is 0 Å². The van der Waals surface area contributed by atoms with Gasteiger partial charge in [-0.25, -0.2) is 9.78 Å². The van der Waals surface area contributed by atoms with Crippen molar-refractivity contribution < 1.29 is 27.5 Å². The number of nitrogens with zero attached hydrogens (tertiary/aromatic N) is 3. The van der Waals surface area contributed by atoms with Crippen LogP contribution in [0.2, 0.25) is 0 Å². The Hall–Kier alpha value is -4.08. The Kier molecular flexibility index (Phi) is 7.72. The van der Waals surface area contributed by atoms with Gasteiger partial charge in [0.1, 0.15) is 12.4 Å². The number of amides is 2. The van der Waals surface area contributed by atoms with Gasteiger partial charge in [-0.2, -0.15) is 13.2 Å². The number of anilines is 2. The fraction of sp³-hybridized carbons (Fsp3) is 0.269. The van der Waals surface area contributed by atoms with Crippen LogP contribution < -0.4 is 10.2 Å². The van der Waals surface area contributed by atoms with Crippen molar-refractivity contribution in [2.24, 2.45) is 0 Å². The molecule has 10 heteroatoms. The molecule has 0 saturated carbocycles. The molecule has 1 aliphatic heterocycles. The van der Waals surface area contributed by atoms with E-state index in [0.29, 0.717) is 32.0 Å². The van der Waals surface area contributed by atoms with Gasteiger partial charge in [0.15, 0.2) is 0 Å². The average molecular weight is 499 g/mol. The highest BCUT2D eigenvalue weighted by molar-refractivity contribution is 6.05. The first-order valence-corrected chi connectivity index (χ1v) is 11.5. The van der Waals surface area contributed by atoms with Crippen molar-refractivity contribution in [3.05, 3.63) is 89.6 Å². The van der Waals surface area contributed by atoms with Gasteiger partial charge in [0, 0.05) is 26.2 Å². The van der Waals surface area contributed by atoms with Crippen molar-refractivity contribution >= 4 is 23.5 Å². The standard InChI is InChI=1S/C26H25F3N4O3/c27-26(28,29)22-10-5-4-9-21(22)24(34)31-20-11-12-23(30-17-20)32-13-6-14-33(16-15-32)25(35)36-18-19-7-2-1-3-8-19/h1-5,7-12,17H,6,13-16,18H2,(H,31,34). The summed E-state index contributed by atoms with van der Waals surface area (Å²) in [5, 5.41) is 2.47. The number of aromatic nitrogens is 1. The van der Waals surface area contributed by atoms with Crippen molar-refractivity contribution in [1.29, 1.82) is 0 Å². The van der Waals surface area contributed by atoms with Crippen LogP contribution in [0.15, 0.2) is 72.9 Å². The van der Waals surface area contributed by atoms with Crippen molar-refractivity contribution in [3.63, 3.8) is 0 Å². The van der Waals surface area contributed by atoms with Gasteiger partial charge < -0.3 is 19.9 Å². The summed E-state index contributed by atoms with van der Waals surface area (Å²) in [5.41, 5.74) is -0.258. The second-order valence-electron chi connectivity index (χ2n) is 8.27. The summed E-state index contributed by atoms with van der Waals surface area (Å²) in [5.74, 6) is -0.222. The zero-order chi connectivity index (χ0) is 25.5. The number of carbonyl (C=O) groups excluding carboxylic acids is 2. The normalized spacial score (nSPS) is 14.2. The fourth-order valence-electron chi connectivity index (χ4n) is 3.91. The Labute approximate surface area is 206 Å². The highest BCUT2D eigenvalue weighted by atomic mass is 19.4. The maximum absolute atomic E-state index is 13.2. The molecule has 1 N–H and O–H groups in total. The third-order valence-electron chi connectivity index (χ3n) is 5.77. The summed E-state index contributed by atoms with van der Waals surface area (Å²) in [6, 6.07) is 17.4. The van der Waals surface area contributed by atoms with Gasteiger partial charge in [-0.15, -0.1) is 0 Å². The zero-order valence-electron chi connectivity index (χ0n) is 19.4. The predicted molar refractivity (Wildman–Crippen MR) is 129 cm³/mol. The molecule has 2 amide bonds. The number of hydrogen-bond acceptors (Lipinski definition) is 5. The van der Waals surface area contributed by atoms with E-state index in [2.05, 4.69) is 10.3 Å². The topological polar surface area (TPSA) is 74.8 Å². The molecular formula is C26H25F3N4O3. The fourth-order valence-corrected chi connectivity index (χ4v) is 3.91. The van der Waals surface area contributed by atoms with Crippen molar-refractivity contribution in [2.45, 2.75) is 19.2 Å². The Balaban J connectivity index is 1.33. The highest BCUT2D eigenvalue weighted by Gasteiger charge is 2.34. The molecule has 0 unspecified atom stereocenters. The molecule has 0 atom stereocenters. The molecule has 7 nitrogen and oxygen atoms in total. The lowest BCUT2D eigenvalue weighted by Gasteiger charge is -2.22. The SMILES string of the molecule is O=C(Nc1ccc(N2CCCN(C(=O)OCc3ccccc3)CC2)nc1)c1ccccc1C(F)(F)F. The Morgan fingerprint density at radius 3 is 2.39 bits per heavy atom. The Morgan fingerprint density at radius 2 is 1.67 bits per heavy atom. The van der Waals surface area contributed by atoms with Gasteiger partial charge in [0.05, 0.1) is 23.0 Å². The number of hydrogen-bond donors (Lipinski definition) is 1. The van der Waals surface area contributed by atoms with Crippen molar-refractivity contribution in [2.75, 3.05) is 36.4 Å². The van der Waals surface area contributed by atoms with Gasteiger partial charge in [-0.05, 0) is 36.2 Å². The number of benzene rings is 2. The molecule has 4 rings (SSSR count). The summed E-state index contributed by atoms with van der Waals surface area (Å²) >= 11 is 0. The van der Waals surface area contributed by atoms with Gasteiger partial charge in [-0.3, -0.25) is 4.79 Å². The first-order valence-electron chi connectivity index (χ1n) is 11.5. The van der Waals surface area contributed by atoms with E-state index in [9.17, 15) is 22.8 Å². The van der Waals surface area contributed by atoms with Gasteiger partial charge in [0.25, 0.3) is 5.91 Å². The summed E-state index contributed by atoms with van der Waals surface area (Å²) in [6.07, 6.45) is -2.88. The number of ether oxygens (including phenoxy) is 1. The first-order chi connectivity index (χ1) is 17.3. The number of rotatable bonds is 5. The number of carbonyl (C=O) groups is 2. The largest absolute Gasteiger partial charge is 0.445 e. The van der Waals surface area contributed by atoms with E-state index >= 15 is 0 Å². The van der Waals surface area contributed by atoms with Gasteiger partial charge in [-0.1, -0.05) is 42.5 Å². The predicted octanol–water partition coefficient (Wildman–Crippen LogP) is 5.20. The molecule has 1 fully saturated rings. The average Bonchev–Trinajstić information content (AvgIpc) is 3.14. The third-order valence-corrected chi connectivity index (χ3v) is 5.77. The number of halogens is 3. The van der Waals surface area contributed by atoms with Crippen LogP contribution in [-0.4, -0.2) is 48.1 Å². The molecule has 1 saturated heterocycles. The highest BCUT2D eigenvalue weighted by Crippen LogP contribution is 2.32. The summed E-state index contributed by atoms with van der Waals surface area (Å²) < 4.78 is 45.0. The van der Waals surface area contributed by atoms with E-state index in [1.165, 1.54) is 18.3 Å². The van der Waals surface area contributed by atoms with Crippen LogP contribution >= 0.6 is 0 Å².